The molecule has 162 valence electrons. The molecule has 1 aliphatic rings. The maximum absolute atomic E-state index is 12.9. The summed E-state index contributed by atoms with van der Waals surface area (Å²) in [5.41, 5.74) is 0. The highest BCUT2D eigenvalue weighted by atomic mass is 32.2. The van der Waals surface area contributed by atoms with Crippen LogP contribution in [0.4, 0.5) is 5.13 Å². The van der Waals surface area contributed by atoms with Gasteiger partial charge in [0.05, 0.1) is 24.5 Å². The standard InChI is InChI=1S/C19H24N4O5S2/c1-13-10-21-19(29-13)22-17(24)11-20-18(25)14-4-3-9-23(12-14)30(26,27)16-7-5-15(28-2)6-8-16/h5-8,10,14H,3-4,9,11-12H2,1-2H3,(H,20,25)(H,21,22,24). The highest BCUT2D eigenvalue weighted by Gasteiger charge is 2.33. The molecule has 2 aromatic rings. The van der Waals surface area contributed by atoms with Crippen molar-refractivity contribution in [3.63, 3.8) is 0 Å². The van der Waals surface area contributed by atoms with Gasteiger partial charge in [-0.15, -0.1) is 11.3 Å². The Balaban J connectivity index is 1.56. The Labute approximate surface area is 179 Å². The van der Waals surface area contributed by atoms with Gasteiger partial charge in [-0.05, 0) is 44.0 Å². The van der Waals surface area contributed by atoms with Crippen molar-refractivity contribution in [3.8, 4) is 5.75 Å². The number of rotatable bonds is 7. The first-order valence-corrected chi connectivity index (χ1v) is 11.7. The van der Waals surface area contributed by atoms with Gasteiger partial charge in [0.15, 0.2) is 5.13 Å². The van der Waals surface area contributed by atoms with Gasteiger partial charge >= 0.3 is 0 Å². The van der Waals surface area contributed by atoms with Crippen LogP contribution >= 0.6 is 11.3 Å². The van der Waals surface area contributed by atoms with E-state index in [0.29, 0.717) is 30.3 Å². The van der Waals surface area contributed by atoms with Crippen LogP contribution in [-0.2, 0) is 19.6 Å². The molecule has 3 rings (SSSR count). The number of carbonyl (C=O) groups excluding carboxylic acids is 2. The van der Waals surface area contributed by atoms with Crippen molar-refractivity contribution < 1.29 is 22.7 Å². The van der Waals surface area contributed by atoms with E-state index in [0.717, 1.165) is 4.88 Å². The second kappa shape index (κ2) is 9.54. The molecule has 30 heavy (non-hydrogen) atoms. The zero-order valence-electron chi connectivity index (χ0n) is 16.8. The number of benzene rings is 1. The molecule has 2 N–H and O–H groups in total. The number of ether oxygens (including phenoxy) is 1. The molecule has 9 nitrogen and oxygen atoms in total. The van der Waals surface area contributed by atoms with Crippen molar-refractivity contribution >= 4 is 38.3 Å². The number of amides is 2. The molecule has 11 heteroatoms. The van der Waals surface area contributed by atoms with Gasteiger partial charge in [0, 0.05) is 24.2 Å². The van der Waals surface area contributed by atoms with E-state index in [9.17, 15) is 18.0 Å². The summed E-state index contributed by atoms with van der Waals surface area (Å²) in [4.78, 5) is 29.7. The SMILES string of the molecule is COc1ccc(S(=O)(=O)N2CCCC(C(=O)NCC(=O)Nc3ncc(C)s3)C2)cc1. The Kier molecular flexibility index (Phi) is 7.06. The van der Waals surface area contributed by atoms with Crippen molar-refractivity contribution in [2.75, 3.05) is 32.1 Å². The molecule has 1 atom stereocenters. The summed E-state index contributed by atoms with van der Waals surface area (Å²) in [7, 11) is -2.20. The van der Waals surface area contributed by atoms with E-state index in [-0.39, 0.29) is 29.8 Å². The molecule has 0 saturated carbocycles. The van der Waals surface area contributed by atoms with Gasteiger partial charge in [-0.1, -0.05) is 0 Å². The van der Waals surface area contributed by atoms with Gasteiger partial charge in [0.2, 0.25) is 21.8 Å². The summed E-state index contributed by atoms with van der Waals surface area (Å²) in [6, 6.07) is 6.15. The summed E-state index contributed by atoms with van der Waals surface area (Å²) < 4.78 is 32.2. The van der Waals surface area contributed by atoms with E-state index in [4.69, 9.17) is 4.74 Å². The minimum absolute atomic E-state index is 0.0769. The van der Waals surface area contributed by atoms with Crippen LogP contribution in [0, 0.1) is 12.8 Å². The largest absolute Gasteiger partial charge is 0.497 e. The van der Waals surface area contributed by atoms with E-state index in [2.05, 4.69) is 15.6 Å². The summed E-state index contributed by atoms with van der Waals surface area (Å²) in [6.45, 7) is 2.11. The van der Waals surface area contributed by atoms with Gasteiger partial charge in [-0.2, -0.15) is 4.31 Å². The molecule has 1 aromatic heterocycles. The van der Waals surface area contributed by atoms with Crippen molar-refractivity contribution in [2.45, 2.75) is 24.7 Å². The lowest BCUT2D eigenvalue weighted by Crippen LogP contribution is -2.46. The monoisotopic (exact) mass is 452 g/mol. The van der Waals surface area contributed by atoms with Crippen LogP contribution in [-0.4, -0.2) is 56.3 Å². The molecule has 1 saturated heterocycles. The first kappa shape index (κ1) is 22.2. The lowest BCUT2D eigenvalue weighted by atomic mass is 9.99. The molecule has 1 fully saturated rings. The third-order valence-electron chi connectivity index (χ3n) is 4.74. The van der Waals surface area contributed by atoms with Gasteiger partial charge in [0.25, 0.3) is 0 Å². The summed E-state index contributed by atoms with van der Waals surface area (Å²) in [6.07, 6.45) is 2.78. The van der Waals surface area contributed by atoms with Crippen LogP contribution in [0.1, 0.15) is 17.7 Å². The minimum atomic E-state index is -3.71. The first-order valence-electron chi connectivity index (χ1n) is 9.44. The van der Waals surface area contributed by atoms with Crippen molar-refractivity contribution in [1.82, 2.24) is 14.6 Å². The fourth-order valence-corrected chi connectivity index (χ4v) is 5.36. The smallest absolute Gasteiger partial charge is 0.245 e. The second-order valence-electron chi connectivity index (χ2n) is 6.92. The third-order valence-corrected chi connectivity index (χ3v) is 7.45. The van der Waals surface area contributed by atoms with Gasteiger partial charge in [-0.3, -0.25) is 9.59 Å². The van der Waals surface area contributed by atoms with Gasteiger partial charge < -0.3 is 15.4 Å². The average Bonchev–Trinajstić information content (AvgIpc) is 3.16. The number of aryl methyl sites for hydroxylation is 1. The molecule has 1 unspecified atom stereocenters. The zero-order chi connectivity index (χ0) is 21.7. The Morgan fingerprint density at radius 1 is 1.30 bits per heavy atom. The molecule has 1 aromatic carbocycles. The molecular weight excluding hydrogens is 428 g/mol. The molecule has 0 radical (unpaired) electrons. The van der Waals surface area contributed by atoms with Crippen molar-refractivity contribution in [2.24, 2.45) is 5.92 Å². The zero-order valence-corrected chi connectivity index (χ0v) is 18.4. The maximum Gasteiger partial charge on any atom is 0.245 e. The molecule has 0 spiro atoms. The number of thiazole rings is 1. The molecule has 2 heterocycles. The molecular formula is C19H24N4O5S2. The fraction of sp³-hybridized carbons (Fsp3) is 0.421. The number of sulfonamides is 1. The number of nitrogens with one attached hydrogen (secondary N) is 2. The van der Waals surface area contributed by atoms with Crippen molar-refractivity contribution in [3.05, 3.63) is 35.3 Å². The molecule has 2 amide bonds. The third kappa shape index (κ3) is 5.35. The summed E-state index contributed by atoms with van der Waals surface area (Å²) >= 11 is 1.34. The van der Waals surface area contributed by atoms with Crippen LogP contribution in [0.3, 0.4) is 0 Å². The Bertz CT molecular complexity index is 1000. The van der Waals surface area contributed by atoms with Gasteiger partial charge in [-0.25, -0.2) is 13.4 Å². The summed E-state index contributed by atoms with van der Waals surface area (Å²) in [5.74, 6) is -0.663. The van der Waals surface area contributed by atoms with E-state index < -0.39 is 15.9 Å². The van der Waals surface area contributed by atoms with Gasteiger partial charge in [0.1, 0.15) is 5.75 Å². The van der Waals surface area contributed by atoms with E-state index in [1.165, 1.54) is 34.9 Å². The highest BCUT2D eigenvalue weighted by molar-refractivity contribution is 7.89. The predicted octanol–water partition coefficient (Wildman–Crippen LogP) is 1.62. The number of aromatic nitrogens is 1. The predicted molar refractivity (Wildman–Crippen MR) is 113 cm³/mol. The maximum atomic E-state index is 12.9. The summed E-state index contributed by atoms with van der Waals surface area (Å²) in [5, 5.41) is 5.69. The van der Waals surface area contributed by atoms with Crippen LogP contribution in [0.15, 0.2) is 35.4 Å². The minimum Gasteiger partial charge on any atom is -0.497 e. The molecule has 1 aliphatic heterocycles. The Morgan fingerprint density at radius 2 is 2.03 bits per heavy atom. The van der Waals surface area contributed by atoms with Crippen LogP contribution < -0.4 is 15.4 Å². The van der Waals surface area contributed by atoms with E-state index in [1.807, 2.05) is 6.92 Å². The Hall–Kier alpha value is -2.50. The number of hydrogen-bond acceptors (Lipinski definition) is 7. The normalized spacial score (nSPS) is 17.3. The van der Waals surface area contributed by atoms with E-state index in [1.54, 1.807) is 18.3 Å². The van der Waals surface area contributed by atoms with Crippen molar-refractivity contribution in [1.29, 1.82) is 0 Å². The van der Waals surface area contributed by atoms with Crippen LogP contribution in [0.25, 0.3) is 0 Å². The van der Waals surface area contributed by atoms with Crippen LogP contribution in [0.5, 0.6) is 5.75 Å². The lowest BCUT2D eigenvalue weighted by molar-refractivity contribution is -0.128. The number of methoxy groups -OCH3 is 1. The molecule has 0 bridgehead atoms. The second-order valence-corrected chi connectivity index (χ2v) is 10.1. The number of piperidine rings is 1. The highest BCUT2D eigenvalue weighted by Crippen LogP contribution is 2.25. The number of carbonyl (C=O) groups is 2. The number of nitrogens with zero attached hydrogens (tertiary/aromatic N) is 2. The molecule has 0 aliphatic carbocycles. The first-order chi connectivity index (χ1) is 14.3. The fourth-order valence-electron chi connectivity index (χ4n) is 3.16. The van der Waals surface area contributed by atoms with Crippen LogP contribution in [0.2, 0.25) is 0 Å². The van der Waals surface area contributed by atoms with E-state index >= 15 is 0 Å². The quantitative estimate of drug-likeness (QED) is 0.659. The number of anilines is 1. The topological polar surface area (TPSA) is 118 Å². The average molecular weight is 453 g/mol. The number of hydrogen-bond donors (Lipinski definition) is 2. The lowest BCUT2D eigenvalue weighted by Gasteiger charge is -2.31. The Morgan fingerprint density at radius 3 is 2.67 bits per heavy atom.